The second kappa shape index (κ2) is 6.79. The average molecular weight is 509 g/mol. The topological polar surface area (TPSA) is 72.2 Å². The predicted molar refractivity (Wildman–Crippen MR) is 100 cm³/mol. The van der Waals surface area contributed by atoms with Crippen LogP contribution >= 0.6 is 34.2 Å². The summed E-state index contributed by atoms with van der Waals surface area (Å²) in [5.41, 5.74) is -1.72. The van der Waals surface area contributed by atoms with Crippen molar-refractivity contribution in [2.24, 2.45) is 0 Å². The highest BCUT2D eigenvalue weighted by Crippen LogP contribution is 2.37. The van der Waals surface area contributed by atoms with Crippen LogP contribution in [0.15, 0.2) is 30.3 Å². The summed E-state index contributed by atoms with van der Waals surface area (Å²) in [6.07, 6.45) is -4.80. The molecule has 1 aromatic heterocycles. The third kappa shape index (κ3) is 3.53. The fourth-order valence-electron chi connectivity index (χ4n) is 2.65. The number of aryl methyl sites for hydroxylation is 1. The summed E-state index contributed by atoms with van der Waals surface area (Å²) >= 11 is 7.78. The van der Waals surface area contributed by atoms with Crippen LogP contribution in [0.5, 0.6) is 0 Å². The summed E-state index contributed by atoms with van der Waals surface area (Å²) in [6, 6.07) is 6.03. The summed E-state index contributed by atoms with van der Waals surface area (Å²) in [6.45, 7) is 1.43. The zero-order valence-electron chi connectivity index (χ0n) is 13.4. The fraction of sp³-hybridized carbons (Fsp3) is 0.118. The summed E-state index contributed by atoms with van der Waals surface area (Å²) in [5.74, 6) is -2.33. The molecule has 140 valence electrons. The van der Waals surface area contributed by atoms with Gasteiger partial charge in [-0.05, 0) is 65.4 Å². The van der Waals surface area contributed by atoms with Gasteiger partial charge in [-0.2, -0.15) is 23.0 Å². The number of halogens is 5. The monoisotopic (exact) mass is 508 g/mol. The van der Waals surface area contributed by atoms with Crippen molar-refractivity contribution in [1.82, 2.24) is 9.78 Å². The maximum absolute atomic E-state index is 13.5. The molecule has 2 aromatic carbocycles. The summed E-state index contributed by atoms with van der Waals surface area (Å²) in [7, 11) is 0. The highest BCUT2D eigenvalue weighted by Gasteiger charge is 2.37. The molecule has 0 aliphatic heterocycles. The fourth-order valence-corrected chi connectivity index (χ4v) is 3.68. The van der Waals surface area contributed by atoms with Crippen molar-refractivity contribution < 1.29 is 27.9 Å². The van der Waals surface area contributed by atoms with Crippen molar-refractivity contribution in [3.05, 3.63) is 61.3 Å². The number of nitrogens with zero attached hydrogens (tertiary/aromatic N) is 2. The molecule has 3 rings (SSSR count). The van der Waals surface area contributed by atoms with E-state index in [-0.39, 0.29) is 21.7 Å². The van der Waals surface area contributed by atoms with E-state index in [0.717, 1.165) is 10.7 Å². The maximum atomic E-state index is 13.5. The molecule has 1 heterocycles. The highest BCUT2D eigenvalue weighted by molar-refractivity contribution is 14.1. The van der Waals surface area contributed by atoms with E-state index in [9.17, 15) is 22.8 Å². The Labute approximate surface area is 168 Å². The Hall–Kier alpha value is -2.14. The van der Waals surface area contributed by atoms with Gasteiger partial charge in [-0.3, -0.25) is 4.79 Å². The van der Waals surface area contributed by atoms with Gasteiger partial charge in [0, 0.05) is 5.39 Å². The molecule has 0 radical (unpaired) electrons. The highest BCUT2D eigenvalue weighted by atomic mass is 127. The van der Waals surface area contributed by atoms with Gasteiger partial charge in [-0.15, -0.1) is 0 Å². The Balaban J connectivity index is 2.29. The molecule has 10 heteroatoms. The minimum absolute atomic E-state index is 0.0778. The number of benzene rings is 2. The first-order chi connectivity index (χ1) is 12.5. The molecule has 0 aliphatic carbocycles. The van der Waals surface area contributed by atoms with E-state index in [4.69, 9.17) is 16.7 Å². The van der Waals surface area contributed by atoms with Crippen LogP contribution in [0.25, 0.3) is 10.9 Å². The number of carboxylic acids is 1. The van der Waals surface area contributed by atoms with Crippen LogP contribution in [-0.2, 0) is 6.18 Å². The van der Waals surface area contributed by atoms with E-state index < -0.39 is 29.2 Å². The molecule has 0 atom stereocenters. The number of rotatable bonds is 2. The van der Waals surface area contributed by atoms with Crippen LogP contribution in [0, 0.1) is 10.6 Å². The van der Waals surface area contributed by atoms with Gasteiger partial charge < -0.3 is 5.11 Å². The molecule has 5 nitrogen and oxygen atoms in total. The van der Waals surface area contributed by atoms with Gasteiger partial charge in [0.25, 0.3) is 5.91 Å². The minimum atomic E-state index is -4.80. The Morgan fingerprint density at radius 2 is 1.89 bits per heavy atom. The molecule has 0 bridgehead atoms. The number of fused-ring (bicyclic) bond motifs is 1. The first-order valence-corrected chi connectivity index (χ1v) is 8.80. The number of carboxylic acid groups (broad SMARTS) is 1. The number of hydrogen-bond donors (Lipinski definition) is 1. The molecular formula is C17H9ClF3IN2O3. The van der Waals surface area contributed by atoms with Crippen molar-refractivity contribution in [3.8, 4) is 0 Å². The first kappa shape index (κ1) is 19.6. The van der Waals surface area contributed by atoms with Crippen LogP contribution in [0.3, 0.4) is 0 Å². The third-order valence-electron chi connectivity index (χ3n) is 3.83. The molecule has 0 saturated heterocycles. The molecule has 3 aromatic rings. The second-order valence-corrected chi connectivity index (χ2v) is 7.14. The lowest BCUT2D eigenvalue weighted by atomic mass is 10.0. The van der Waals surface area contributed by atoms with Gasteiger partial charge in [0.1, 0.15) is 3.70 Å². The smallest absolute Gasteiger partial charge is 0.417 e. The van der Waals surface area contributed by atoms with E-state index in [2.05, 4.69) is 5.10 Å². The average Bonchev–Trinajstić information content (AvgIpc) is 2.89. The molecule has 0 amide bonds. The number of carbonyl (C=O) groups excluding carboxylic acids is 1. The summed E-state index contributed by atoms with van der Waals surface area (Å²) in [5, 5.41) is 13.2. The van der Waals surface area contributed by atoms with Crippen molar-refractivity contribution in [2.75, 3.05) is 0 Å². The van der Waals surface area contributed by atoms with Gasteiger partial charge in [-0.1, -0.05) is 11.6 Å². The van der Waals surface area contributed by atoms with Crippen LogP contribution < -0.4 is 0 Å². The van der Waals surface area contributed by atoms with E-state index in [1.165, 1.54) is 31.2 Å². The first-order valence-electron chi connectivity index (χ1n) is 7.34. The van der Waals surface area contributed by atoms with Gasteiger partial charge in [0.2, 0.25) is 0 Å². The van der Waals surface area contributed by atoms with Crippen LogP contribution in [0.2, 0.25) is 5.02 Å². The van der Waals surface area contributed by atoms with E-state index >= 15 is 0 Å². The quantitative estimate of drug-likeness (QED) is 0.494. The van der Waals surface area contributed by atoms with Gasteiger partial charge in [-0.25, -0.2) is 4.79 Å². The lowest BCUT2D eigenvalue weighted by molar-refractivity contribution is -0.138. The van der Waals surface area contributed by atoms with Crippen molar-refractivity contribution in [2.45, 2.75) is 13.1 Å². The van der Waals surface area contributed by atoms with Gasteiger partial charge in [0.05, 0.1) is 27.2 Å². The van der Waals surface area contributed by atoms with Crippen molar-refractivity contribution >= 4 is 57.0 Å². The maximum Gasteiger partial charge on any atom is 0.417 e. The van der Waals surface area contributed by atoms with E-state index in [0.29, 0.717) is 9.09 Å². The molecule has 0 unspecified atom stereocenters. The number of alkyl halides is 3. The minimum Gasteiger partial charge on any atom is -0.478 e. The normalized spacial score (nSPS) is 11.8. The standard InChI is InChI=1S/C17H9ClF3IN2O3/c1-7-4-10(17(19,20)21)13(11(18)5-7)15(25)24-12-6-8(16(26)27)2-3-9(12)14(22)23-24/h2-6H,1H3,(H,26,27). The Bertz CT molecular complexity index is 1110. The van der Waals surface area contributed by atoms with Gasteiger partial charge >= 0.3 is 12.1 Å². The van der Waals surface area contributed by atoms with Crippen molar-refractivity contribution in [3.63, 3.8) is 0 Å². The molecule has 1 N–H and O–H groups in total. The molecule has 0 fully saturated rings. The molecule has 0 aliphatic rings. The van der Waals surface area contributed by atoms with Gasteiger partial charge in [0.15, 0.2) is 0 Å². The number of aromatic nitrogens is 2. The van der Waals surface area contributed by atoms with Crippen LogP contribution in [0.4, 0.5) is 13.2 Å². The predicted octanol–water partition coefficient (Wildman–Crippen LogP) is 5.01. The SMILES string of the molecule is Cc1cc(Cl)c(C(=O)n2nc(I)c3ccc(C(=O)O)cc32)c(C(F)(F)F)c1. The number of aromatic carboxylic acids is 1. The Kier molecular flexibility index (Phi) is 4.93. The van der Waals surface area contributed by atoms with Crippen LogP contribution in [-0.4, -0.2) is 26.8 Å². The molecule has 0 spiro atoms. The largest absolute Gasteiger partial charge is 0.478 e. The van der Waals surface area contributed by atoms with Crippen molar-refractivity contribution in [1.29, 1.82) is 0 Å². The molecule has 0 saturated carbocycles. The lowest BCUT2D eigenvalue weighted by Crippen LogP contribution is -2.20. The Morgan fingerprint density at radius 3 is 2.48 bits per heavy atom. The zero-order chi connectivity index (χ0) is 20.1. The van der Waals surface area contributed by atoms with E-state index in [1.807, 2.05) is 22.6 Å². The summed E-state index contributed by atoms with van der Waals surface area (Å²) < 4.78 is 41.4. The number of hydrogen-bond acceptors (Lipinski definition) is 3. The lowest BCUT2D eigenvalue weighted by Gasteiger charge is -2.15. The third-order valence-corrected chi connectivity index (χ3v) is 4.92. The number of carbonyl (C=O) groups is 2. The second-order valence-electron chi connectivity index (χ2n) is 5.71. The zero-order valence-corrected chi connectivity index (χ0v) is 16.3. The summed E-state index contributed by atoms with van der Waals surface area (Å²) in [4.78, 5) is 24.1. The molecule has 27 heavy (non-hydrogen) atoms. The van der Waals surface area contributed by atoms with Crippen LogP contribution in [0.1, 0.15) is 31.8 Å². The van der Waals surface area contributed by atoms with E-state index in [1.54, 1.807) is 0 Å². The Morgan fingerprint density at radius 1 is 1.22 bits per heavy atom. The molecular weight excluding hydrogens is 500 g/mol.